The van der Waals surface area contributed by atoms with E-state index in [2.05, 4.69) is 10.5 Å². The zero-order valence-corrected chi connectivity index (χ0v) is 14.5. The molecule has 0 fully saturated rings. The highest BCUT2D eigenvalue weighted by Crippen LogP contribution is 2.24. The van der Waals surface area contributed by atoms with Crippen molar-refractivity contribution in [3.05, 3.63) is 47.7 Å². The molecule has 2 rings (SSSR count). The third-order valence-electron chi connectivity index (χ3n) is 3.56. The summed E-state index contributed by atoms with van der Waals surface area (Å²) < 4.78 is 5.31. The molecule has 1 aromatic heterocycles. The maximum atomic E-state index is 12.6. The van der Waals surface area contributed by atoms with E-state index >= 15 is 0 Å². The van der Waals surface area contributed by atoms with Crippen LogP contribution in [0.3, 0.4) is 0 Å². The van der Waals surface area contributed by atoms with E-state index in [1.165, 1.54) is 0 Å². The van der Waals surface area contributed by atoms with Gasteiger partial charge in [-0.15, -0.1) is 0 Å². The molecule has 124 valence electrons. The van der Waals surface area contributed by atoms with Gasteiger partial charge in [-0.05, 0) is 19.4 Å². The number of aromatic nitrogens is 1. The molecule has 5 heteroatoms. The molecular formula is C18H25N3O2. The second-order valence-electron chi connectivity index (χ2n) is 6.96. The Morgan fingerprint density at radius 1 is 1.26 bits per heavy atom. The first-order chi connectivity index (χ1) is 10.8. The summed E-state index contributed by atoms with van der Waals surface area (Å²) in [5.41, 5.74) is 0.949. The lowest BCUT2D eigenvalue weighted by Gasteiger charge is -2.26. The van der Waals surface area contributed by atoms with Crippen molar-refractivity contribution in [2.45, 2.75) is 52.6 Å². The van der Waals surface area contributed by atoms with E-state index < -0.39 is 0 Å². The third kappa shape index (κ3) is 4.58. The minimum Gasteiger partial charge on any atom is -0.359 e. The Labute approximate surface area is 137 Å². The maximum Gasteiger partial charge on any atom is 0.323 e. The predicted octanol–water partition coefficient (Wildman–Crippen LogP) is 4.41. The molecule has 0 spiro atoms. The summed E-state index contributed by atoms with van der Waals surface area (Å²) in [4.78, 5) is 14.3. The van der Waals surface area contributed by atoms with Crippen LogP contribution in [0.1, 0.15) is 45.9 Å². The summed E-state index contributed by atoms with van der Waals surface area (Å²) >= 11 is 0. The largest absolute Gasteiger partial charge is 0.359 e. The highest BCUT2D eigenvalue weighted by molar-refractivity contribution is 5.88. The van der Waals surface area contributed by atoms with E-state index in [0.29, 0.717) is 12.4 Å². The van der Waals surface area contributed by atoms with Crippen LogP contribution < -0.4 is 5.32 Å². The fraction of sp³-hybridized carbons (Fsp3) is 0.444. The monoisotopic (exact) mass is 315 g/mol. The lowest BCUT2D eigenvalue weighted by molar-refractivity contribution is 0.193. The molecule has 0 aliphatic rings. The van der Waals surface area contributed by atoms with E-state index in [9.17, 15) is 4.79 Å². The molecule has 0 aliphatic carbocycles. The van der Waals surface area contributed by atoms with Gasteiger partial charge in [0.15, 0.2) is 5.82 Å². The zero-order valence-electron chi connectivity index (χ0n) is 14.5. The van der Waals surface area contributed by atoms with E-state index in [4.69, 9.17) is 4.52 Å². The topological polar surface area (TPSA) is 58.4 Å². The Morgan fingerprint density at radius 3 is 2.43 bits per heavy atom. The summed E-state index contributed by atoms with van der Waals surface area (Å²) in [5, 5.41) is 6.76. The molecule has 0 aliphatic heterocycles. The first-order valence-electron chi connectivity index (χ1n) is 7.86. The Bertz CT molecular complexity index is 642. The number of anilines is 1. The van der Waals surface area contributed by atoms with Gasteiger partial charge in [-0.3, -0.25) is 5.32 Å². The average Bonchev–Trinajstić information content (AvgIpc) is 2.94. The minimum absolute atomic E-state index is 0.0733. The van der Waals surface area contributed by atoms with E-state index in [-0.39, 0.29) is 17.5 Å². The molecular weight excluding hydrogens is 290 g/mol. The number of carbonyl (C=O) groups excluding carboxylic acids is 1. The standard InChI is InChI=1S/C18H25N3O2/c1-13(2)21(12-14-9-7-6-8-10-14)17(22)19-16-11-15(23-20-16)18(3,4)5/h6-11,13H,12H2,1-5H3,(H,19,20,22). The van der Waals surface area contributed by atoms with Crippen LogP contribution in [0.5, 0.6) is 0 Å². The van der Waals surface area contributed by atoms with Crippen molar-refractivity contribution in [2.75, 3.05) is 5.32 Å². The molecule has 2 amide bonds. The third-order valence-corrected chi connectivity index (χ3v) is 3.56. The first-order valence-corrected chi connectivity index (χ1v) is 7.86. The molecule has 0 saturated heterocycles. The van der Waals surface area contributed by atoms with Gasteiger partial charge in [-0.2, -0.15) is 0 Å². The van der Waals surface area contributed by atoms with Crippen LogP contribution in [0.4, 0.5) is 10.6 Å². The number of amides is 2. The van der Waals surface area contributed by atoms with Crippen molar-refractivity contribution in [3.63, 3.8) is 0 Å². The first kappa shape index (κ1) is 17.1. The molecule has 23 heavy (non-hydrogen) atoms. The van der Waals surface area contributed by atoms with Crippen molar-refractivity contribution in [3.8, 4) is 0 Å². The van der Waals surface area contributed by atoms with Crippen molar-refractivity contribution in [1.29, 1.82) is 0 Å². The summed E-state index contributed by atoms with van der Waals surface area (Å²) in [7, 11) is 0. The molecule has 0 bridgehead atoms. The summed E-state index contributed by atoms with van der Waals surface area (Å²) in [6.07, 6.45) is 0. The van der Waals surface area contributed by atoms with Crippen LogP contribution in [0.15, 0.2) is 40.9 Å². The molecule has 0 atom stereocenters. The van der Waals surface area contributed by atoms with Crippen LogP contribution in [0.2, 0.25) is 0 Å². The predicted molar refractivity (Wildman–Crippen MR) is 91.3 cm³/mol. The number of nitrogens with one attached hydrogen (secondary N) is 1. The SMILES string of the molecule is CC(C)N(Cc1ccccc1)C(=O)Nc1cc(C(C)(C)C)on1. The van der Waals surface area contributed by atoms with Gasteiger partial charge in [0.05, 0.1) is 0 Å². The summed E-state index contributed by atoms with van der Waals surface area (Å²) in [6, 6.07) is 11.6. The summed E-state index contributed by atoms with van der Waals surface area (Å²) in [5.74, 6) is 1.19. The zero-order chi connectivity index (χ0) is 17.0. The van der Waals surface area contributed by atoms with Crippen molar-refractivity contribution >= 4 is 11.8 Å². The van der Waals surface area contributed by atoms with Gasteiger partial charge in [0.2, 0.25) is 0 Å². The normalized spacial score (nSPS) is 11.6. The number of hydrogen-bond donors (Lipinski definition) is 1. The molecule has 5 nitrogen and oxygen atoms in total. The van der Waals surface area contributed by atoms with Crippen molar-refractivity contribution in [2.24, 2.45) is 0 Å². The summed E-state index contributed by atoms with van der Waals surface area (Å²) in [6.45, 7) is 10.6. The lowest BCUT2D eigenvalue weighted by Crippen LogP contribution is -2.39. The van der Waals surface area contributed by atoms with Gasteiger partial charge in [0.25, 0.3) is 0 Å². The van der Waals surface area contributed by atoms with Gasteiger partial charge in [0, 0.05) is 24.1 Å². The second kappa shape index (κ2) is 6.86. The van der Waals surface area contributed by atoms with Gasteiger partial charge in [-0.1, -0.05) is 56.3 Å². The quantitative estimate of drug-likeness (QED) is 0.909. The molecule has 1 aromatic carbocycles. The number of benzene rings is 1. The molecule has 0 saturated carbocycles. The van der Waals surface area contributed by atoms with Gasteiger partial charge in [0.1, 0.15) is 5.76 Å². The Morgan fingerprint density at radius 2 is 1.91 bits per heavy atom. The van der Waals surface area contributed by atoms with Gasteiger partial charge in [-0.25, -0.2) is 4.79 Å². The molecule has 1 N–H and O–H groups in total. The van der Waals surface area contributed by atoms with E-state index in [1.807, 2.05) is 65.0 Å². The number of hydrogen-bond acceptors (Lipinski definition) is 3. The van der Waals surface area contributed by atoms with E-state index in [0.717, 1.165) is 11.3 Å². The second-order valence-corrected chi connectivity index (χ2v) is 6.96. The van der Waals surface area contributed by atoms with Crippen LogP contribution >= 0.6 is 0 Å². The molecule has 0 radical (unpaired) electrons. The van der Waals surface area contributed by atoms with E-state index in [1.54, 1.807) is 11.0 Å². The fourth-order valence-corrected chi connectivity index (χ4v) is 2.14. The average molecular weight is 315 g/mol. The van der Waals surface area contributed by atoms with Crippen molar-refractivity contribution < 1.29 is 9.32 Å². The van der Waals surface area contributed by atoms with Crippen LogP contribution in [0, 0.1) is 0 Å². The van der Waals surface area contributed by atoms with Crippen LogP contribution in [-0.2, 0) is 12.0 Å². The molecule has 1 heterocycles. The Hall–Kier alpha value is -2.30. The Kier molecular flexibility index (Phi) is 5.08. The Balaban J connectivity index is 2.08. The van der Waals surface area contributed by atoms with Crippen molar-refractivity contribution in [1.82, 2.24) is 10.1 Å². The maximum absolute atomic E-state index is 12.6. The smallest absolute Gasteiger partial charge is 0.323 e. The number of urea groups is 1. The van der Waals surface area contributed by atoms with Gasteiger partial charge >= 0.3 is 6.03 Å². The minimum atomic E-state index is -0.183. The van der Waals surface area contributed by atoms with Gasteiger partial charge < -0.3 is 9.42 Å². The fourth-order valence-electron chi connectivity index (χ4n) is 2.14. The molecule has 0 unspecified atom stereocenters. The lowest BCUT2D eigenvalue weighted by atomic mass is 9.93. The van der Waals surface area contributed by atoms with Crippen LogP contribution in [0.25, 0.3) is 0 Å². The number of nitrogens with zero attached hydrogens (tertiary/aromatic N) is 2. The highest BCUT2D eigenvalue weighted by Gasteiger charge is 2.22. The highest BCUT2D eigenvalue weighted by atomic mass is 16.5. The number of carbonyl (C=O) groups is 1. The number of rotatable bonds is 4. The molecule has 2 aromatic rings. The van der Waals surface area contributed by atoms with Crippen LogP contribution in [-0.4, -0.2) is 22.1 Å².